The van der Waals surface area contributed by atoms with Crippen molar-refractivity contribution >= 4 is 43.5 Å². The fraction of sp³-hybridized carbons (Fsp3) is 0.200. The molecule has 0 N–H and O–H groups in total. The van der Waals surface area contributed by atoms with Gasteiger partial charge in [-0.15, -0.1) is 5.10 Å². The summed E-state index contributed by atoms with van der Waals surface area (Å²) in [5.74, 6) is 0. The zero-order valence-corrected chi connectivity index (χ0v) is 8.69. The lowest BCUT2D eigenvalue weighted by Gasteiger charge is -1.97. The van der Waals surface area contributed by atoms with Gasteiger partial charge in [0.25, 0.3) is 0 Å². The van der Waals surface area contributed by atoms with E-state index < -0.39 is 0 Å². The number of hydrogen-bond acceptors (Lipinski definition) is 2. The van der Waals surface area contributed by atoms with Crippen LogP contribution in [0.1, 0.15) is 9.43 Å². The number of nitrogens with zero attached hydrogens (tertiary/aromatic N) is 2. The zero-order chi connectivity index (χ0) is 7.56. The van der Waals surface area contributed by atoms with Crippen molar-refractivity contribution in [2.24, 2.45) is 0 Å². The lowest BCUT2D eigenvalue weighted by molar-refractivity contribution is 0.973. The number of rotatable bonds is 1. The van der Waals surface area contributed by atoms with E-state index in [-0.39, 0.29) is 3.74 Å². The highest BCUT2D eigenvalue weighted by Gasteiger charge is 2.02. The predicted octanol–water partition coefficient (Wildman–Crippen LogP) is 2.92. The second-order valence-corrected chi connectivity index (χ2v) is 5.03. The summed E-state index contributed by atoms with van der Waals surface area (Å²) < 4.78 is 0.0461. The summed E-state index contributed by atoms with van der Waals surface area (Å²) in [7, 11) is 0. The average Bonchev–Trinajstić information content (AvgIpc) is 1.88. The van der Waals surface area contributed by atoms with Gasteiger partial charge in [0.1, 0.15) is 3.74 Å². The molecule has 1 aromatic heterocycles. The third-order valence-electron chi connectivity index (χ3n) is 0.876. The molecule has 0 bridgehead atoms. The van der Waals surface area contributed by atoms with E-state index in [9.17, 15) is 0 Å². The average molecular weight is 286 g/mol. The standard InChI is InChI=1S/C5H3Br2ClN2/c6-5(7)3-1-2-4(8)10-9-3/h1-2,5H. The number of alkyl halides is 2. The molecule has 5 heteroatoms. The van der Waals surface area contributed by atoms with Crippen molar-refractivity contribution in [3.8, 4) is 0 Å². The zero-order valence-electron chi connectivity index (χ0n) is 4.76. The molecular weight excluding hydrogens is 283 g/mol. The van der Waals surface area contributed by atoms with Crippen molar-refractivity contribution in [3.63, 3.8) is 0 Å². The van der Waals surface area contributed by atoms with Gasteiger partial charge in [-0.3, -0.25) is 0 Å². The molecule has 0 amide bonds. The van der Waals surface area contributed by atoms with Gasteiger partial charge < -0.3 is 0 Å². The molecule has 0 aromatic carbocycles. The van der Waals surface area contributed by atoms with E-state index in [0.717, 1.165) is 5.69 Å². The fourth-order valence-corrected chi connectivity index (χ4v) is 1.03. The van der Waals surface area contributed by atoms with E-state index in [1.807, 2.05) is 0 Å². The van der Waals surface area contributed by atoms with Gasteiger partial charge in [0.15, 0.2) is 5.15 Å². The Hall–Kier alpha value is 0.330. The normalized spacial score (nSPS) is 10.4. The molecule has 54 valence electrons. The Labute approximate surface area is 80.2 Å². The maximum atomic E-state index is 5.51. The first kappa shape index (κ1) is 8.43. The van der Waals surface area contributed by atoms with E-state index in [2.05, 4.69) is 42.1 Å². The van der Waals surface area contributed by atoms with E-state index in [1.54, 1.807) is 12.1 Å². The van der Waals surface area contributed by atoms with Gasteiger partial charge in [-0.05, 0) is 12.1 Å². The minimum Gasteiger partial charge on any atom is -0.152 e. The molecular formula is C5H3Br2ClN2. The van der Waals surface area contributed by atoms with Crippen LogP contribution in [0.2, 0.25) is 5.15 Å². The minimum absolute atomic E-state index is 0.0461. The Kier molecular flexibility index (Phi) is 3.07. The Morgan fingerprint density at radius 2 is 2.00 bits per heavy atom. The minimum atomic E-state index is 0.0461. The smallest absolute Gasteiger partial charge is 0.151 e. The van der Waals surface area contributed by atoms with Crippen LogP contribution in [-0.2, 0) is 0 Å². The maximum absolute atomic E-state index is 5.51. The van der Waals surface area contributed by atoms with Crippen LogP contribution in [0, 0.1) is 0 Å². The highest BCUT2D eigenvalue weighted by atomic mass is 79.9. The summed E-state index contributed by atoms with van der Waals surface area (Å²) in [5, 5.41) is 7.86. The van der Waals surface area contributed by atoms with E-state index in [4.69, 9.17) is 11.6 Å². The fourth-order valence-electron chi connectivity index (χ4n) is 0.443. The van der Waals surface area contributed by atoms with E-state index in [1.165, 1.54) is 0 Å². The molecule has 1 aromatic rings. The van der Waals surface area contributed by atoms with Crippen LogP contribution in [-0.4, -0.2) is 10.2 Å². The SMILES string of the molecule is Clc1ccc(C(Br)Br)nn1. The number of halogens is 3. The largest absolute Gasteiger partial charge is 0.152 e. The molecule has 0 atom stereocenters. The van der Waals surface area contributed by atoms with Gasteiger partial charge in [0, 0.05) is 0 Å². The van der Waals surface area contributed by atoms with E-state index >= 15 is 0 Å². The van der Waals surface area contributed by atoms with Crippen molar-refractivity contribution in [2.75, 3.05) is 0 Å². The monoisotopic (exact) mass is 284 g/mol. The third-order valence-corrected chi connectivity index (χ3v) is 2.02. The van der Waals surface area contributed by atoms with Crippen LogP contribution >= 0.6 is 43.5 Å². The maximum Gasteiger partial charge on any atom is 0.151 e. The summed E-state index contributed by atoms with van der Waals surface area (Å²) in [6.07, 6.45) is 0. The molecule has 1 heterocycles. The lowest BCUT2D eigenvalue weighted by atomic mass is 10.4. The van der Waals surface area contributed by atoms with Gasteiger partial charge in [-0.2, -0.15) is 5.10 Å². The Balaban J connectivity index is 2.89. The first-order valence-corrected chi connectivity index (χ1v) is 4.68. The predicted molar refractivity (Wildman–Crippen MR) is 47.6 cm³/mol. The lowest BCUT2D eigenvalue weighted by Crippen LogP contribution is -1.89. The highest BCUT2D eigenvalue weighted by molar-refractivity contribution is 9.24. The van der Waals surface area contributed by atoms with Crippen molar-refractivity contribution in [1.82, 2.24) is 10.2 Å². The molecule has 0 aliphatic carbocycles. The highest BCUT2D eigenvalue weighted by Crippen LogP contribution is 2.26. The van der Waals surface area contributed by atoms with Crippen LogP contribution in [0.3, 0.4) is 0 Å². The summed E-state index contributed by atoms with van der Waals surface area (Å²) in [5.41, 5.74) is 0.810. The van der Waals surface area contributed by atoms with Crippen LogP contribution in [0.4, 0.5) is 0 Å². The van der Waals surface area contributed by atoms with Gasteiger partial charge >= 0.3 is 0 Å². The molecule has 0 saturated heterocycles. The van der Waals surface area contributed by atoms with Crippen LogP contribution in [0.5, 0.6) is 0 Å². The first-order valence-electron chi connectivity index (χ1n) is 2.47. The van der Waals surface area contributed by atoms with Crippen LogP contribution < -0.4 is 0 Å². The molecule has 0 fully saturated rings. The van der Waals surface area contributed by atoms with Crippen molar-refractivity contribution in [2.45, 2.75) is 3.74 Å². The van der Waals surface area contributed by atoms with E-state index in [0.29, 0.717) is 5.15 Å². The quantitative estimate of drug-likeness (QED) is 0.742. The molecule has 10 heavy (non-hydrogen) atoms. The molecule has 0 unspecified atom stereocenters. The Morgan fingerprint density at radius 1 is 1.30 bits per heavy atom. The Morgan fingerprint density at radius 3 is 2.40 bits per heavy atom. The molecule has 0 aliphatic rings. The first-order chi connectivity index (χ1) is 4.70. The topological polar surface area (TPSA) is 25.8 Å². The second-order valence-electron chi connectivity index (χ2n) is 1.58. The van der Waals surface area contributed by atoms with Crippen molar-refractivity contribution in [1.29, 1.82) is 0 Å². The number of hydrogen-bond donors (Lipinski definition) is 0. The van der Waals surface area contributed by atoms with Gasteiger partial charge in [0.05, 0.1) is 5.69 Å². The van der Waals surface area contributed by atoms with Gasteiger partial charge in [-0.25, -0.2) is 0 Å². The summed E-state index contributed by atoms with van der Waals surface area (Å²) in [4.78, 5) is 0. The molecule has 0 spiro atoms. The van der Waals surface area contributed by atoms with Crippen LogP contribution in [0.15, 0.2) is 12.1 Å². The molecule has 1 rings (SSSR count). The van der Waals surface area contributed by atoms with Crippen molar-refractivity contribution < 1.29 is 0 Å². The molecule has 0 saturated carbocycles. The third kappa shape index (κ3) is 2.18. The van der Waals surface area contributed by atoms with Crippen LogP contribution in [0.25, 0.3) is 0 Å². The second kappa shape index (κ2) is 3.64. The summed E-state index contributed by atoms with van der Waals surface area (Å²) >= 11 is 12.1. The van der Waals surface area contributed by atoms with Gasteiger partial charge in [-0.1, -0.05) is 43.5 Å². The van der Waals surface area contributed by atoms with Crippen molar-refractivity contribution in [3.05, 3.63) is 23.0 Å². The summed E-state index contributed by atoms with van der Waals surface area (Å²) in [6.45, 7) is 0. The van der Waals surface area contributed by atoms with Gasteiger partial charge in [0.2, 0.25) is 0 Å². The molecule has 0 aliphatic heterocycles. The molecule has 0 radical (unpaired) electrons. The summed E-state index contributed by atoms with van der Waals surface area (Å²) in [6, 6.07) is 3.49. The molecule has 2 nitrogen and oxygen atoms in total. The Bertz CT molecular complexity index is 211. The number of aromatic nitrogens is 2.